The summed E-state index contributed by atoms with van der Waals surface area (Å²) in [6.07, 6.45) is 8.41. The van der Waals surface area contributed by atoms with Gasteiger partial charge in [0.1, 0.15) is 0 Å². The van der Waals surface area contributed by atoms with Crippen LogP contribution in [0.15, 0.2) is 85.5 Å². The third-order valence-electron chi connectivity index (χ3n) is 4.72. The average molecular weight is 380 g/mol. The van der Waals surface area contributed by atoms with Crippen LogP contribution in [0.2, 0.25) is 0 Å². The number of hydrogen-bond donors (Lipinski definition) is 1. The van der Waals surface area contributed by atoms with Gasteiger partial charge in [-0.2, -0.15) is 0 Å². The Balaban J connectivity index is 1.48. The molecule has 0 saturated carbocycles. The molecule has 4 heteroatoms. The third kappa shape index (κ3) is 4.85. The lowest BCUT2D eigenvalue weighted by Crippen LogP contribution is -1.98. The zero-order valence-electron chi connectivity index (χ0n) is 16.7. The van der Waals surface area contributed by atoms with Crippen LogP contribution >= 0.6 is 0 Å². The molecule has 0 fully saturated rings. The van der Waals surface area contributed by atoms with Gasteiger partial charge in [-0.05, 0) is 64.9 Å². The van der Waals surface area contributed by atoms with E-state index in [0.717, 1.165) is 34.4 Å². The summed E-state index contributed by atoms with van der Waals surface area (Å²) in [7, 11) is 0. The number of rotatable bonds is 6. The van der Waals surface area contributed by atoms with Crippen molar-refractivity contribution in [3.05, 3.63) is 91.0 Å². The van der Waals surface area contributed by atoms with Crippen molar-refractivity contribution in [1.29, 1.82) is 0 Å². The van der Waals surface area contributed by atoms with Gasteiger partial charge in [-0.1, -0.05) is 44.2 Å². The third-order valence-corrected chi connectivity index (χ3v) is 4.72. The molecular formula is C25H24N4. The summed E-state index contributed by atoms with van der Waals surface area (Å²) < 4.78 is 0. The van der Waals surface area contributed by atoms with Crippen LogP contribution in [0, 0.1) is 5.92 Å². The molecule has 2 aromatic carbocycles. The highest BCUT2D eigenvalue weighted by molar-refractivity contribution is 5.72. The van der Waals surface area contributed by atoms with E-state index in [2.05, 4.69) is 82.6 Å². The fourth-order valence-corrected chi connectivity index (χ4v) is 3.29. The second kappa shape index (κ2) is 8.65. The number of anilines is 2. The summed E-state index contributed by atoms with van der Waals surface area (Å²) in [5.41, 5.74) is 6.69. The van der Waals surface area contributed by atoms with Crippen LogP contribution in [0.4, 0.5) is 11.6 Å². The topological polar surface area (TPSA) is 50.7 Å². The van der Waals surface area contributed by atoms with Gasteiger partial charge in [-0.25, -0.2) is 9.97 Å². The second-order valence-corrected chi connectivity index (χ2v) is 7.53. The van der Waals surface area contributed by atoms with E-state index in [1.807, 2.05) is 24.5 Å². The molecule has 0 spiro atoms. The van der Waals surface area contributed by atoms with Crippen LogP contribution in [0.1, 0.15) is 19.4 Å². The molecule has 2 aromatic heterocycles. The number of nitrogens with one attached hydrogen (secondary N) is 1. The summed E-state index contributed by atoms with van der Waals surface area (Å²) in [4.78, 5) is 13.1. The van der Waals surface area contributed by atoms with E-state index < -0.39 is 0 Å². The van der Waals surface area contributed by atoms with Crippen molar-refractivity contribution in [2.75, 3.05) is 5.32 Å². The van der Waals surface area contributed by atoms with Crippen LogP contribution in [0.3, 0.4) is 0 Å². The Hall–Kier alpha value is -3.53. The Bertz CT molecular complexity index is 1060. The molecule has 0 radical (unpaired) electrons. The zero-order chi connectivity index (χ0) is 20.1. The molecule has 29 heavy (non-hydrogen) atoms. The Morgan fingerprint density at radius 3 is 2.07 bits per heavy atom. The number of pyridine rings is 1. The summed E-state index contributed by atoms with van der Waals surface area (Å²) in [5, 5.41) is 3.27. The highest BCUT2D eigenvalue weighted by atomic mass is 15.1. The van der Waals surface area contributed by atoms with E-state index in [0.29, 0.717) is 11.9 Å². The van der Waals surface area contributed by atoms with Crippen LogP contribution < -0.4 is 5.32 Å². The fourth-order valence-electron chi connectivity index (χ4n) is 3.29. The van der Waals surface area contributed by atoms with E-state index in [9.17, 15) is 0 Å². The van der Waals surface area contributed by atoms with Gasteiger partial charge in [0.25, 0.3) is 0 Å². The maximum Gasteiger partial charge on any atom is 0.227 e. The number of aromatic nitrogens is 3. The lowest BCUT2D eigenvalue weighted by Gasteiger charge is -2.09. The molecule has 4 aromatic rings. The van der Waals surface area contributed by atoms with Crippen molar-refractivity contribution >= 4 is 11.6 Å². The minimum atomic E-state index is 0.593. The van der Waals surface area contributed by atoms with Gasteiger partial charge in [0, 0.05) is 36.0 Å². The monoisotopic (exact) mass is 380 g/mol. The molecule has 144 valence electrons. The maximum atomic E-state index is 4.49. The van der Waals surface area contributed by atoms with Crippen molar-refractivity contribution < 1.29 is 0 Å². The Labute approximate surface area is 171 Å². The minimum Gasteiger partial charge on any atom is -0.324 e. The van der Waals surface area contributed by atoms with Crippen LogP contribution in [0.25, 0.3) is 22.3 Å². The van der Waals surface area contributed by atoms with E-state index in [-0.39, 0.29) is 0 Å². The van der Waals surface area contributed by atoms with E-state index in [1.54, 1.807) is 12.4 Å². The first-order chi connectivity index (χ1) is 14.2. The normalized spacial score (nSPS) is 10.9. The smallest absolute Gasteiger partial charge is 0.227 e. The van der Waals surface area contributed by atoms with Crippen molar-refractivity contribution in [2.45, 2.75) is 20.3 Å². The standard InChI is InChI=1S/C25H24N4/c1-18(2)14-19-6-8-24(9-7-19)29-25-27-16-23(17-28-25)22-5-3-4-21(15-22)20-10-12-26-13-11-20/h3-13,15-18H,14H2,1-2H3,(H,27,28,29). The lowest BCUT2D eigenvalue weighted by atomic mass is 10.0. The minimum absolute atomic E-state index is 0.593. The highest BCUT2D eigenvalue weighted by Gasteiger charge is 2.04. The molecule has 1 N–H and O–H groups in total. The Morgan fingerprint density at radius 1 is 0.759 bits per heavy atom. The van der Waals surface area contributed by atoms with Gasteiger partial charge < -0.3 is 5.32 Å². The number of nitrogens with zero attached hydrogens (tertiary/aromatic N) is 3. The Kier molecular flexibility index (Phi) is 5.61. The molecule has 0 aliphatic rings. The molecule has 2 heterocycles. The van der Waals surface area contributed by atoms with Crippen molar-refractivity contribution in [2.24, 2.45) is 5.92 Å². The molecule has 4 rings (SSSR count). The van der Waals surface area contributed by atoms with Crippen LogP contribution in [0.5, 0.6) is 0 Å². The van der Waals surface area contributed by atoms with Gasteiger partial charge in [0.2, 0.25) is 5.95 Å². The SMILES string of the molecule is CC(C)Cc1ccc(Nc2ncc(-c3cccc(-c4ccncc4)c3)cn2)cc1. The van der Waals surface area contributed by atoms with Crippen molar-refractivity contribution in [1.82, 2.24) is 15.0 Å². The molecule has 0 saturated heterocycles. The summed E-state index contributed by atoms with van der Waals surface area (Å²) in [6.45, 7) is 4.46. The lowest BCUT2D eigenvalue weighted by molar-refractivity contribution is 0.647. The fraction of sp³-hybridized carbons (Fsp3) is 0.160. The molecule has 0 amide bonds. The zero-order valence-corrected chi connectivity index (χ0v) is 16.7. The van der Waals surface area contributed by atoms with Crippen molar-refractivity contribution in [3.8, 4) is 22.3 Å². The first kappa shape index (κ1) is 18.8. The summed E-state index contributed by atoms with van der Waals surface area (Å²) in [6, 6.07) is 20.8. The molecule has 4 nitrogen and oxygen atoms in total. The summed E-state index contributed by atoms with van der Waals surface area (Å²) in [5.74, 6) is 1.25. The van der Waals surface area contributed by atoms with Gasteiger partial charge in [-0.3, -0.25) is 4.98 Å². The summed E-state index contributed by atoms with van der Waals surface area (Å²) >= 11 is 0. The first-order valence-corrected chi connectivity index (χ1v) is 9.86. The molecule has 0 atom stereocenters. The van der Waals surface area contributed by atoms with Gasteiger partial charge in [-0.15, -0.1) is 0 Å². The van der Waals surface area contributed by atoms with Gasteiger partial charge in [0.15, 0.2) is 0 Å². The van der Waals surface area contributed by atoms with Crippen LogP contribution in [-0.4, -0.2) is 15.0 Å². The molecule has 0 bridgehead atoms. The first-order valence-electron chi connectivity index (χ1n) is 9.86. The van der Waals surface area contributed by atoms with E-state index >= 15 is 0 Å². The highest BCUT2D eigenvalue weighted by Crippen LogP contribution is 2.26. The molecule has 0 unspecified atom stereocenters. The maximum absolute atomic E-state index is 4.49. The van der Waals surface area contributed by atoms with Crippen LogP contribution in [-0.2, 0) is 6.42 Å². The van der Waals surface area contributed by atoms with Crippen molar-refractivity contribution in [3.63, 3.8) is 0 Å². The predicted molar refractivity (Wildman–Crippen MR) is 119 cm³/mol. The Morgan fingerprint density at radius 2 is 1.41 bits per heavy atom. The number of hydrogen-bond acceptors (Lipinski definition) is 4. The van der Waals surface area contributed by atoms with Gasteiger partial charge >= 0.3 is 0 Å². The quantitative estimate of drug-likeness (QED) is 0.436. The van der Waals surface area contributed by atoms with E-state index in [4.69, 9.17) is 0 Å². The average Bonchev–Trinajstić information content (AvgIpc) is 2.76. The predicted octanol–water partition coefficient (Wildman–Crippen LogP) is 6.15. The van der Waals surface area contributed by atoms with Gasteiger partial charge in [0.05, 0.1) is 0 Å². The number of benzene rings is 2. The largest absolute Gasteiger partial charge is 0.324 e. The molecular weight excluding hydrogens is 356 g/mol. The second-order valence-electron chi connectivity index (χ2n) is 7.53. The van der Waals surface area contributed by atoms with E-state index in [1.165, 1.54) is 5.56 Å². The molecule has 0 aliphatic heterocycles. The molecule has 0 aliphatic carbocycles.